The van der Waals surface area contributed by atoms with Crippen LogP contribution in [0.15, 0.2) is 41.5 Å². The Hall–Kier alpha value is -2.76. The van der Waals surface area contributed by atoms with Crippen molar-refractivity contribution in [2.24, 2.45) is 7.05 Å². The summed E-state index contributed by atoms with van der Waals surface area (Å²) in [6, 6.07) is 5.35. The van der Waals surface area contributed by atoms with Gasteiger partial charge in [-0.3, -0.25) is 14.0 Å². The Morgan fingerprint density at radius 1 is 1.09 bits per heavy atom. The monoisotopic (exact) mass is 315 g/mol. The highest BCUT2D eigenvalue weighted by molar-refractivity contribution is 5.67. The molecule has 0 aliphatic rings. The summed E-state index contributed by atoms with van der Waals surface area (Å²) in [6.45, 7) is 3.23. The van der Waals surface area contributed by atoms with E-state index in [1.807, 2.05) is 0 Å². The SMILES string of the molecule is Cc1cn(-c2ccn(C)n2)c(-c2c(F)cccc2F)c(C)c1=O. The summed E-state index contributed by atoms with van der Waals surface area (Å²) in [5.41, 5.74) is 0.464. The van der Waals surface area contributed by atoms with Crippen molar-refractivity contribution in [3.63, 3.8) is 0 Å². The molecule has 4 nitrogen and oxygen atoms in total. The molecule has 118 valence electrons. The number of pyridine rings is 1. The summed E-state index contributed by atoms with van der Waals surface area (Å²) >= 11 is 0. The fourth-order valence-corrected chi connectivity index (χ4v) is 2.64. The number of aryl methyl sites for hydroxylation is 2. The van der Waals surface area contributed by atoms with Crippen LogP contribution in [0.2, 0.25) is 0 Å². The molecule has 0 spiro atoms. The van der Waals surface area contributed by atoms with E-state index < -0.39 is 11.6 Å². The van der Waals surface area contributed by atoms with Gasteiger partial charge in [-0.05, 0) is 26.0 Å². The van der Waals surface area contributed by atoms with Crippen molar-refractivity contribution in [3.8, 4) is 17.1 Å². The van der Waals surface area contributed by atoms with E-state index in [2.05, 4.69) is 5.10 Å². The smallest absolute Gasteiger partial charge is 0.188 e. The van der Waals surface area contributed by atoms with E-state index >= 15 is 0 Å². The van der Waals surface area contributed by atoms with Crippen LogP contribution in [0.25, 0.3) is 17.1 Å². The Bertz CT molecular complexity index is 937. The highest BCUT2D eigenvalue weighted by Crippen LogP contribution is 2.29. The molecule has 3 aromatic rings. The predicted octanol–water partition coefficient (Wildman–Crippen LogP) is 3.13. The molecule has 0 N–H and O–H groups in total. The van der Waals surface area contributed by atoms with Crippen LogP contribution in [0, 0.1) is 25.5 Å². The normalized spacial score (nSPS) is 11.0. The third-order valence-corrected chi connectivity index (χ3v) is 3.76. The second kappa shape index (κ2) is 5.46. The van der Waals surface area contributed by atoms with E-state index in [0.29, 0.717) is 11.4 Å². The van der Waals surface area contributed by atoms with Gasteiger partial charge < -0.3 is 0 Å². The molecule has 23 heavy (non-hydrogen) atoms. The van der Waals surface area contributed by atoms with Crippen LogP contribution in [-0.4, -0.2) is 14.3 Å². The number of halogens is 2. The van der Waals surface area contributed by atoms with Crippen molar-refractivity contribution in [1.82, 2.24) is 14.3 Å². The van der Waals surface area contributed by atoms with E-state index in [1.165, 1.54) is 18.2 Å². The molecule has 0 unspecified atom stereocenters. The maximum Gasteiger partial charge on any atom is 0.188 e. The van der Waals surface area contributed by atoms with Crippen molar-refractivity contribution < 1.29 is 8.78 Å². The lowest BCUT2D eigenvalue weighted by atomic mass is 10.0. The van der Waals surface area contributed by atoms with Crippen LogP contribution in [0.3, 0.4) is 0 Å². The molecule has 3 rings (SSSR count). The van der Waals surface area contributed by atoms with E-state index in [-0.39, 0.29) is 22.2 Å². The average molecular weight is 315 g/mol. The van der Waals surface area contributed by atoms with Gasteiger partial charge in [0.2, 0.25) is 0 Å². The largest absolute Gasteiger partial charge is 0.299 e. The molecule has 0 bridgehead atoms. The Morgan fingerprint density at radius 3 is 2.30 bits per heavy atom. The number of nitrogens with zero attached hydrogens (tertiary/aromatic N) is 3. The third kappa shape index (κ3) is 2.46. The lowest BCUT2D eigenvalue weighted by Gasteiger charge is -2.16. The van der Waals surface area contributed by atoms with Crippen LogP contribution >= 0.6 is 0 Å². The fraction of sp³-hybridized carbons (Fsp3) is 0.176. The van der Waals surface area contributed by atoms with Gasteiger partial charge in [-0.1, -0.05) is 6.07 Å². The Kier molecular flexibility index (Phi) is 3.60. The standard InChI is InChI=1S/C17H15F2N3O/c1-10-9-22(14-7-8-21(3)20-14)16(11(2)17(10)23)15-12(18)5-4-6-13(15)19/h4-9H,1-3H3. The van der Waals surface area contributed by atoms with Crippen molar-refractivity contribution in [3.05, 3.63) is 69.6 Å². The quantitative estimate of drug-likeness (QED) is 0.729. The summed E-state index contributed by atoms with van der Waals surface area (Å²) < 4.78 is 31.7. The zero-order valence-corrected chi connectivity index (χ0v) is 13.0. The predicted molar refractivity (Wildman–Crippen MR) is 83.6 cm³/mol. The minimum absolute atomic E-state index is 0.176. The Labute approximate surface area is 131 Å². The molecule has 0 fully saturated rings. The van der Waals surface area contributed by atoms with E-state index in [4.69, 9.17) is 0 Å². The molecular formula is C17H15F2N3O. The fourth-order valence-electron chi connectivity index (χ4n) is 2.64. The van der Waals surface area contributed by atoms with Gasteiger partial charge in [0.05, 0.1) is 11.3 Å². The molecule has 2 heterocycles. The number of aromatic nitrogens is 3. The van der Waals surface area contributed by atoms with Crippen molar-refractivity contribution in [2.75, 3.05) is 0 Å². The summed E-state index contributed by atoms with van der Waals surface area (Å²) in [4.78, 5) is 12.3. The minimum Gasteiger partial charge on any atom is -0.299 e. The molecule has 2 aromatic heterocycles. The molecule has 0 amide bonds. The first-order valence-electron chi connectivity index (χ1n) is 7.07. The number of rotatable bonds is 2. The highest BCUT2D eigenvalue weighted by atomic mass is 19.1. The van der Waals surface area contributed by atoms with E-state index in [9.17, 15) is 13.6 Å². The zero-order chi connectivity index (χ0) is 16.7. The highest BCUT2D eigenvalue weighted by Gasteiger charge is 2.20. The molecular weight excluding hydrogens is 300 g/mol. The van der Waals surface area contributed by atoms with Crippen molar-refractivity contribution in [2.45, 2.75) is 13.8 Å². The molecule has 0 radical (unpaired) electrons. The van der Waals surface area contributed by atoms with Crippen molar-refractivity contribution in [1.29, 1.82) is 0 Å². The van der Waals surface area contributed by atoms with Gasteiger partial charge in [0.15, 0.2) is 11.2 Å². The van der Waals surface area contributed by atoms with Crippen molar-refractivity contribution >= 4 is 0 Å². The van der Waals surface area contributed by atoms with Gasteiger partial charge in [0.1, 0.15) is 11.6 Å². The molecule has 0 saturated heterocycles. The third-order valence-electron chi connectivity index (χ3n) is 3.76. The lowest BCUT2D eigenvalue weighted by molar-refractivity contribution is 0.587. The minimum atomic E-state index is -0.721. The van der Waals surface area contributed by atoms with Gasteiger partial charge in [-0.25, -0.2) is 8.78 Å². The van der Waals surface area contributed by atoms with Crippen LogP contribution < -0.4 is 5.43 Å². The van der Waals surface area contributed by atoms with Gasteiger partial charge in [-0.15, -0.1) is 0 Å². The lowest BCUT2D eigenvalue weighted by Crippen LogP contribution is -2.17. The van der Waals surface area contributed by atoms with Crippen LogP contribution in [0.4, 0.5) is 8.78 Å². The van der Waals surface area contributed by atoms with E-state index in [0.717, 1.165) is 0 Å². The first-order valence-corrected chi connectivity index (χ1v) is 7.07. The topological polar surface area (TPSA) is 39.8 Å². The second-order valence-electron chi connectivity index (χ2n) is 5.43. The zero-order valence-electron chi connectivity index (χ0n) is 13.0. The Morgan fingerprint density at radius 2 is 1.74 bits per heavy atom. The summed E-state index contributed by atoms with van der Waals surface area (Å²) in [5.74, 6) is -0.960. The molecule has 0 saturated carbocycles. The van der Waals surface area contributed by atoms with Crippen LogP contribution in [-0.2, 0) is 7.05 Å². The maximum atomic E-state index is 14.3. The maximum absolute atomic E-state index is 14.3. The molecule has 0 atom stereocenters. The first kappa shape index (κ1) is 15.1. The summed E-state index contributed by atoms with van der Waals surface area (Å²) in [7, 11) is 1.75. The molecule has 0 aliphatic carbocycles. The average Bonchev–Trinajstić information content (AvgIpc) is 2.93. The first-order chi connectivity index (χ1) is 10.9. The second-order valence-corrected chi connectivity index (χ2v) is 5.43. The number of benzene rings is 1. The number of hydrogen-bond donors (Lipinski definition) is 0. The molecule has 1 aromatic carbocycles. The van der Waals surface area contributed by atoms with Gasteiger partial charge in [-0.2, -0.15) is 5.10 Å². The summed E-state index contributed by atoms with van der Waals surface area (Å²) in [6.07, 6.45) is 3.28. The molecule has 6 heteroatoms. The Balaban J connectivity index is 2.44. The van der Waals surface area contributed by atoms with E-state index in [1.54, 1.807) is 48.6 Å². The molecule has 0 aliphatic heterocycles. The van der Waals surface area contributed by atoms with Crippen LogP contribution in [0.1, 0.15) is 11.1 Å². The van der Waals surface area contributed by atoms with Gasteiger partial charge in [0.25, 0.3) is 0 Å². The summed E-state index contributed by atoms with van der Waals surface area (Å²) in [5, 5.41) is 4.27. The number of hydrogen-bond acceptors (Lipinski definition) is 2. The van der Waals surface area contributed by atoms with Gasteiger partial charge >= 0.3 is 0 Å². The van der Waals surface area contributed by atoms with Crippen LogP contribution in [0.5, 0.6) is 0 Å². The van der Waals surface area contributed by atoms with Gasteiger partial charge in [0, 0.05) is 36.6 Å².